The average Bonchev–Trinajstić information content (AvgIpc) is 2.61. The molecule has 0 aromatic rings. The van der Waals surface area contributed by atoms with Crippen LogP contribution in [-0.4, -0.2) is 42.4 Å². The van der Waals surface area contributed by atoms with E-state index >= 15 is 0 Å². The molecule has 2 nitrogen and oxygen atoms in total. The summed E-state index contributed by atoms with van der Waals surface area (Å²) in [4.78, 5) is 0. The minimum atomic E-state index is 0.334. The number of unbranched alkanes of at least 4 members (excludes halogenated alkanes) is 13. The quantitative estimate of drug-likeness (QED) is 0.215. The molecule has 0 aliphatic carbocycles. The minimum absolute atomic E-state index is 0.334. The van der Waals surface area contributed by atoms with Gasteiger partial charge in [-0.1, -0.05) is 84.0 Å². The van der Waals surface area contributed by atoms with Gasteiger partial charge in [-0.15, -0.1) is 0 Å². The molecule has 0 amide bonds. The van der Waals surface area contributed by atoms with E-state index in [0.717, 1.165) is 24.1 Å². The highest BCUT2D eigenvalue weighted by molar-refractivity contribution is 4.50. The Labute approximate surface area is 153 Å². The largest absolute Gasteiger partial charge is 0.391 e. The topological polar surface area (TPSA) is 20.2 Å². The number of aliphatic hydroxyl groups excluding tert-OH is 1. The van der Waals surface area contributed by atoms with Gasteiger partial charge in [-0.05, 0) is 26.7 Å². The maximum atomic E-state index is 9.26. The van der Waals surface area contributed by atoms with Crippen LogP contribution in [0.3, 0.4) is 0 Å². The molecule has 0 radical (unpaired) electrons. The van der Waals surface area contributed by atoms with E-state index in [9.17, 15) is 5.11 Å². The number of rotatable bonds is 19. The van der Waals surface area contributed by atoms with Crippen LogP contribution in [0.15, 0.2) is 0 Å². The smallest absolute Gasteiger partial charge is 0.102 e. The summed E-state index contributed by atoms with van der Waals surface area (Å²) in [6.07, 6.45) is 20.0. The molecule has 0 aromatic carbocycles. The molecule has 0 aliphatic heterocycles. The van der Waals surface area contributed by atoms with E-state index in [-0.39, 0.29) is 0 Å². The molecule has 0 rings (SSSR count). The Morgan fingerprint density at radius 3 is 1.21 bits per heavy atom. The first-order valence-electron chi connectivity index (χ1n) is 11.2. The van der Waals surface area contributed by atoms with Gasteiger partial charge in [0.2, 0.25) is 0 Å². The normalized spacial score (nSPS) is 12.0. The first-order chi connectivity index (χ1) is 11.7. The summed E-state index contributed by atoms with van der Waals surface area (Å²) < 4.78 is 1.11. The Bertz CT molecular complexity index is 238. The van der Waals surface area contributed by atoms with Crippen molar-refractivity contribution in [1.82, 2.24) is 0 Å². The van der Waals surface area contributed by atoms with Gasteiger partial charge in [-0.25, -0.2) is 0 Å². The second kappa shape index (κ2) is 17.7. The second-order valence-electron chi connectivity index (χ2n) is 7.74. The third-order valence-electron chi connectivity index (χ3n) is 5.90. The molecular weight excluding hydrogens is 294 g/mol. The fraction of sp³-hybridized carbons (Fsp3) is 1.00. The van der Waals surface area contributed by atoms with Crippen molar-refractivity contribution >= 4 is 0 Å². The summed E-state index contributed by atoms with van der Waals surface area (Å²) in [6.45, 7) is 11.7. The summed E-state index contributed by atoms with van der Waals surface area (Å²) >= 11 is 0. The van der Waals surface area contributed by atoms with Crippen LogP contribution in [0.25, 0.3) is 0 Å². The first-order valence-corrected chi connectivity index (χ1v) is 11.2. The Hall–Kier alpha value is -0.0800. The molecule has 0 saturated carbocycles. The lowest BCUT2D eigenvalue weighted by molar-refractivity contribution is -0.925. The monoisotopic (exact) mass is 342 g/mol. The van der Waals surface area contributed by atoms with E-state index in [1.165, 1.54) is 96.4 Å². The predicted octanol–water partition coefficient (Wildman–Crippen LogP) is 6.32. The molecule has 0 aliphatic rings. The van der Waals surface area contributed by atoms with Crippen molar-refractivity contribution < 1.29 is 9.59 Å². The fourth-order valence-electron chi connectivity index (χ4n) is 3.82. The maximum Gasteiger partial charge on any atom is 0.102 e. The zero-order chi connectivity index (χ0) is 17.9. The molecule has 0 saturated heterocycles. The van der Waals surface area contributed by atoms with E-state index in [0.29, 0.717) is 6.61 Å². The molecule has 0 fully saturated rings. The van der Waals surface area contributed by atoms with Crippen LogP contribution in [0.2, 0.25) is 0 Å². The van der Waals surface area contributed by atoms with Gasteiger partial charge in [0.1, 0.15) is 6.54 Å². The van der Waals surface area contributed by atoms with E-state index in [4.69, 9.17) is 0 Å². The Kier molecular flexibility index (Phi) is 17.7. The van der Waals surface area contributed by atoms with Gasteiger partial charge < -0.3 is 9.59 Å². The lowest BCUT2D eigenvalue weighted by atomic mass is 10.0. The van der Waals surface area contributed by atoms with E-state index < -0.39 is 0 Å². The van der Waals surface area contributed by atoms with Gasteiger partial charge >= 0.3 is 0 Å². The molecule has 0 spiro atoms. The van der Waals surface area contributed by atoms with Crippen LogP contribution < -0.4 is 0 Å². The summed E-state index contributed by atoms with van der Waals surface area (Å²) in [5.74, 6) is 0. The molecule has 0 atom stereocenters. The van der Waals surface area contributed by atoms with Crippen LogP contribution in [0.1, 0.15) is 111 Å². The van der Waals surface area contributed by atoms with Crippen molar-refractivity contribution in [3.8, 4) is 0 Å². The fourth-order valence-corrected chi connectivity index (χ4v) is 3.82. The zero-order valence-corrected chi connectivity index (χ0v) is 17.3. The molecule has 0 aromatic heterocycles. The Morgan fingerprint density at radius 2 is 0.875 bits per heavy atom. The molecule has 24 heavy (non-hydrogen) atoms. The van der Waals surface area contributed by atoms with Gasteiger partial charge in [0, 0.05) is 0 Å². The average molecular weight is 343 g/mol. The van der Waals surface area contributed by atoms with Gasteiger partial charge in [-0.3, -0.25) is 0 Å². The minimum Gasteiger partial charge on any atom is -0.391 e. The number of hydrogen-bond donors (Lipinski definition) is 1. The predicted molar refractivity (Wildman–Crippen MR) is 108 cm³/mol. The summed E-state index contributed by atoms with van der Waals surface area (Å²) in [7, 11) is 0. The lowest BCUT2D eigenvalue weighted by Gasteiger charge is -2.36. The van der Waals surface area contributed by atoms with Gasteiger partial charge in [0.25, 0.3) is 0 Å². The highest BCUT2D eigenvalue weighted by atomic mass is 16.3. The Balaban J connectivity index is 3.33. The zero-order valence-electron chi connectivity index (χ0n) is 17.3. The Morgan fingerprint density at radius 1 is 0.500 bits per heavy atom. The number of likely N-dealkylation sites (N-methyl/N-ethyl adjacent to an activating group) is 1. The SMILES string of the molecule is CCCCCCCCCCCCCCCC[N+](CC)(CC)CCO. The molecule has 0 unspecified atom stereocenters. The molecular formula is C22H48NO+. The van der Waals surface area contributed by atoms with Gasteiger partial charge in [0.05, 0.1) is 26.2 Å². The van der Waals surface area contributed by atoms with Crippen LogP contribution >= 0.6 is 0 Å². The van der Waals surface area contributed by atoms with Crippen LogP contribution in [0.5, 0.6) is 0 Å². The lowest BCUT2D eigenvalue weighted by Crippen LogP contribution is -2.50. The number of quaternary nitrogens is 1. The molecule has 0 bridgehead atoms. The molecule has 2 heteroatoms. The maximum absolute atomic E-state index is 9.26. The molecule has 146 valence electrons. The van der Waals surface area contributed by atoms with Gasteiger partial charge in [-0.2, -0.15) is 0 Å². The van der Waals surface area contributed by atoms with E-state index in [1.54, 1.807) is 0 Å². The van der Waals surface area contributed by atoms with Crippen molar-refractivity contribution in [3.05, 3.63) is 0 Å². The van der Waals surface area contributed by atoms with E-state index in [2.05, 4.69) is 20.8 Å². The van der Waals surface area contributed by atoms with E-state index in [1.807, 2.05) is 0 Å². The number of aliphatic hydroxyl groups is 1. The summed E-state index contributed by atoms with van der Waals surface area (Å²) in [5, 5.41) is 9.26. The number of nitrogens with zero attached hydrogens (tertiary/aromatic N) is 1. The van der Waals surface area contributed by atoms with Crippen LogP contribution in [-0.2, 0) is 0 Å². The second-order valence-corrected chi connectivity index (χ2v) is 7.74. The van der Waals surface area contributed by atoms with Crippen molar-refractivity contribution in [2.45, 2.75) is 111 Å². The summed E-state index contributed by atoms with van der Waals surface area (Å²) in [6, 6.07) is 0. The van der Waals surface area contributed by atoms with Gasteiger partial charge in [0.15, 0.2) is 0 Å². The van der Waals surface area contributed by atoms with Crippen LogP contribution in [0.4, 0.5) is 0 Å². The molecule has 0 heterocycles. The molecule has 1 N–H and O–H groups in total. The highest BCUT2D eigenvalue weighted by Crippen LogP contribution is 2.14. The number of hydrogen-bond acceptors (Lipinski definition) is 1. The van der Waals surface area contributed by atoms with Crippen molar-refractivity contribution in [3.63, 3.8) is 0 Å². The first kappa shape index (κ1) is 23.9. The summed E-state index contributed by atoms with van der Waals surface area (Å²) in [5.41, 5.74) is 0. The third kappa shape index (κ3) is 13.2. The van der Waals surface area contributed by atoms with Crippen molar-refractivity contribution in [2.75, 3.05) is 32.8 Å². The van der Waals surface area contributed by atoms with Crippen LogP contribution in [0, 0.1) is 0 Å². The van der Waals surface area contributed by atoms with Crippen molar-refractivity contribution in [1.29, 1.82) is 0 Å². The standard InChI is InChI=1S/C22H48NO/c1-4-7-8-9-10-11-12-13-14-15-16-17-18-19-20-23(5-2,6-3)21-22-24/h24H,4-22H2,1-3H3/q+1. The highest BCUT2D eigenvalue weighted by Gasteiger charge is 2.21. The third-order valence-corrected chi connectivity index (χ3v) is 5.90. The van der Waals surface area contributed by atoms with Crippen molar-refractivity contribution in [2.24, 2.45) is 0 Å².